The van der Waals surface area contributed by atoms with E-state index >= 15 is 0 Å². The minimum absolute atomic E-state index is 0.0515. The number of fused-ring (bicyclic) bond motifs is 2. The van der Waals surface area contributed by atoms with E-state index in [1.807, 2.05) is 130 Å². The van der Waals surface area contributed by atoms with Crippen molar-refractivity contribution in [1.82, 2.24) is 30.4 Å². The van der Waals surface area contributed by atoms with Gasteiger partial charge in [0.05, 0.1) is 63.9 Å². The number of carbonyl (C=O) groups is 7. The quantitative estimate of drug-likeness (QED) is 0.0600. The second-order valence-electron chi connectivity index (χ2n) is 27.5. The van der Waals surface area contributed by atoms with Crippen LogP contribution in [0.4, 0.5) is 14.4 Å². The Morgan fingerprint density at radius 2 is 0.906 bits per heavy atom. The van der Waals surface area contributed by atoms with Gasteiger partial charge in [-0.3, -0.25) is 9.69 Å². The Bertz CT molecular complexity index is 3690. The maximum absolute atomic E-state index is 14.1. The number of methoxy groups -OCH3 is 4. The van der Waals surface area contributed by atoms with Gasteiger partial charge in [-0.1, -0.05) is 102 Å². The van der Waals surface area contributed by atoms with E-state index in [0.29, 0.717) is 34.0 Å². The molecule has 0 spiro atoms. The first-order valence-electron chi connectivity index (χ1n) is 32.6. The van der Waals surface area contributed by atoms with Crippen molar-refractivity contribution >= 4 is 63.9 Å². The van der Waals surface area contributed by atoms with Crippen LogP contribution in [0.5, 0.6) is 23.0 Å². The number of carboxylic acid groups (broad SMARTS) is 1. The molecule has 2 aliphatic carbocycles. The number of hydrogen-bond acceptors (Lipinski definition) is 18. The Hall–Kier alpha value is -9.41. The minimum Gasteiger partial charge on any atom is -0.497 e. The molecular formula is C73H92N6O17. The van der Waals surface area contributed by atoms with Crippen molar-refractivity contribution in [2.45, 2.75) is 181 Å². The highest BCUT2D eigenvalue weighted by Crippen LogP contribution is 2.38. The number of carboxylic acids is 1. The molecule has 3 N–H and O–H groups in total. The lowest BCUT2D eigenvalue weighted by molar-refractivity contribution is -0.152. The smallest absolute Gasteiger partial charge is 0.411 e. The van der Waals surface area contributed by atoms with Crippen LogP contribution in [-0.4, -0.2) is 163 Å². The Morgan fingerprint density at radius 1 is 0.510 bits per heavy atom. The molecular weight excluding hydrogens is 1230 g/mol. The van der Waals surface area contributed by atoms with Crippen molar-refractivity contribution in [2.24, 2.45) is 10.8 Å². The second-order valence-corrected chi connectivity index (χ2v) is 27.5. The fourth-order valence-corrected chi connectivity index (χ4v) is 12.0. The molecule has 2 aromatic heterocycles. The predicted molar refractivity (Wildman–Crippen MR) is 360 cm³/mol. The van der Waals surface area contributed by atoms with Gasteiger partial charge < -0.3 is 63.3 Å². The van der Waals surface area contributed by atoms with Crippen LogP contribution in [0.15, 0.2) is 109 Å². The average molecular weight is 1330 g/mol. The summed E-state index contributed by atoms with van der Waals surface area (Å²) in [5.41, 5.74) is 2.83. The molecule has 6 aromatic rings. The zero-order valence-corrected chi connectivity index (χ0v) is 57.3. The van der Waals surface area contributed by atoms with Crippen molar-refractivity contribution in [3.8, 4) is 45.5 Å². The lowest BCUT2D eigenvalue weighted by Crippen LogP contribution is -2.57. The number of amides is 4. The van der Waals surface area contributed by atoms with E-state index in [2.05, 4.69) is 10.6 Å². The van der Waals surface area contributed by atoms with Crippen LogP contribution in [0, 0.1) is 10.8 Å². The molecule has 516 valence electrons. The van der Waals surface area contributed by atoms with Crippen LogP contribution in [0.25, 0.3) is 44.3 Å². The molecule has 0 bridgehead atoms. The van der Waals surface area contributed by atoms with Gasteiger partial charge in [0.1, 0.15) is 77.2 Å². The van der Waals surface area contributed by atoms with Gasteiger partial charge in [-0.25, -0.2) is 38.7 Å². The summed E-state index contributed by atoms with van der Waals surface area (Å²) in [6.45, 7) is 16.6. The third-order valence-electron chi connectivity index (χ3n) is 17.0. The van der Waals surface area contributed by atoms with Gasteiger partial charge in [-0.05, 0) is 107 Å². The molecule has 2 saturated heterocycles. The van der Waals surface area contributed by atoms with E-state index in [9.17, 15) is 33.6 Å². The molecule has 4 aliphatic rings. The fourth-order valence-electron chi connectivity index (χ4n) is 12.0. The van der Waals surface area contributed by atoms with Crippen LogP contribution >= 0.6 is 0 Å². The molecule has 23 nitrogen and oxygen atoms in total. The molecule has 0 unspecified atom stereocenters. The van der Waals surface area contributed by atoms with Crippen molar-refractivity contribution < 1.29 is 81.3 Å². The molecule has 2 aliphatic heterocycles. The highest BCUT2D eigenvalue weighted by molar-refractivity contribution is 5.93. The first-order valence-corrected chi connectivity index (χ1v) is 32.6. The topological polar surface area (TPSA) is 279 Å². The Balaban J connectivity index is 0.000000202. The van der Waals surface area contributed by atoms with E-state index < -0.39 is 94.9 Å². The van der Waals surface area contributed by atoms with E-state index in [-0.39, 0.29) is 38.1 Å². The fraction of sp³-hybridized carbons (Fsp3) is 0.493. The summed E-state index contributed by atoms with van der Waals surface area (Å²) in [5.74, 6) is 0.0515. The van der Waals surface area contributed by atoms with Crippen molar-refractivity contribution in [1.29, 1.82) is 0 Å². The summed E-state index contributed by atoms with van der Waals surface area (Å²) in [4.78, 5) is 100. The van der Waals surface area contributed by atoms with E-state index in [4.69, 9.17) is 57.7 Å². The first kappa shape index (κ1) is 72.4. The Labute approximate surface area is 561 Å². The Kier molecular flexibility index (Phi) is 24.1. The third kappa shape index (κ3) is 19.2. The molecule has 4 fully saturated rings. The highest BCUT2D eigenvalue weighted by atomic mass is 16.6. The van der Waals surface area contributed by atoms with Crippen molar-refractivity contribution in [3.63, 3.8) is 0 Å². The van der Waals surface area contributed by atoms with Crippen LogP contribution in [-0.2, 0) is 42.9 Å². The molecule has 0 radical (unpaired) electrons. The maximum atomic E-state index is 14.1. The number of nitrogens with zero attached hydrogens (tertiary/aromatic N) is 4. The standard InChI is InChI=1S/C34H41N3O7.C27H30N2O6.C12H21NO4/c1-34(2,3)30(36-33(40)44-22-13-9-10-14-22)31(38)37-20-24(18-28(37)32(39)42-5)43-29-19-26(21-11-7-6-8-12-21)35-27-17-23(41-4)15-16-25(27)29;1-27(2,3)35-26(31)29-16-19(14-23(29)25(30)33-5)34-24-15-21(17-9-7-6-8-10-17)28-22-13-18(32-4)11-12-20(22)24;1-12(2,3)9(10(14)15)13-11(16)17-8-6-4-5-7-8/h6-8,11-12,15-17,19,22,24,28,30H,9-10,13-14,18,20H2,1-5H3,(H,36,40);6-13,15,19,23H,14,16H2,1-5H3;8-9H,4-7H2,1-3H3,(H,13,16)(H,14,15)/t24-,28+,30-;19-,23+;9-/m111/s1. The number of esters is 2. The zero-order chi connectivity index (χ0) is 69.6. The summed E-state index contributed by atoms with van der Waals surface area (Å²) in [6, 6.07) is 31.0. The number of pyridine rings is 2. The third-order valence-corrected chi connectivity index (χ3v) is 17.0. The average Bonchev–Trinajstić information content (AvgIpc) is 1.39. The lowest BCUT2D eigenvalue weighted by Gasteiger charge is -2.35. The molecule has 23 heteroatoms. The van der Waals surface area contributed by atoms with Gasteiger partial charge in [0, 0.05) is 59.0 Å². The lowest BCUT2D eigenvalue weighted by atomic mass is 9.85. The van der Waals surface area contributed by atoms with Crippen LogP contribution in [0.3, 0.4) is 0 Å². The van der Waals surface area contributed by atoms with E-state index in [1.165, 1.54) is 24.0 Å². The summed E-state index contributed by atoms with van der Waals surface area (Å²) >= 11 is 0. The van der Waals surface area contributed by atoms with Crippen LogP contribution < -0.4 is 29.6 Å². The number of rotatable bonds is 16. The summed E-state index contributed by atoms with van der Waals surface area (Å²) < 4.78 is 50.1. The van der Waals surface area contributed by atoms with Crippen LogP contribution in [0.1, 0.15) is 127 Å². The van der Waals surface area contributed by atoms with Gasteiger partial charge >= 0.3 is 36.2 Å². The van der Waals surface area contributed by atoms with Gasteiger partial charge in [0.2, 0.25) is 5.91 Å². The number of nitrogens with one attached hydrogen (secondary N) is 2. The predicted octanol–water partition coefficient (Wildman–Crippen LogP) is 12.5. The summed E-state index contributed by atoms with van der Waals surface area (Å²) in [7, 11) is 5.81. The number of aromatic nitrogens is 2. The second kappa shape index (κ2) is 31.9. The molecule has 2 saturated carbocycles. The summed E-state index contributed by atoms with van der Waals surface area (Å²) in [6.07, 6.45) is 5.08. The van der Waals surface area contributed by atoms with Crippen molar-refractivity contribution in [2.75, 3.05) is 41.5 Å². The van der Waals surface area contributed by atoms with Crippen molar-refractivity contribution in [3.05, 3.63) is 109 Å². The van der Waals surface area contributed by atoms with Gasteiger partial charge in [-0.15, -0.1) is 0 Å². The largest absolute Gasteiger partial charge is 0.497 e. The van der Waals surface area contributed by atoms with Crippen LogP contribution in [0.2, 0.25) is 0 Å². The van der Waals surface area contributed by atoms with Gasteiger partial charge in [0.15, 0.2) is 0 Å². The SMILES string of the molecule is CC(C)(C)[C@H](NC(=O)OC1CCCC1)C(=O)O.COC(=O)[C@@H]1C[C@@H](Oc2cc(-c3ccccc3)nc3cc(OC)ccc23)CN1C(=O)OC(C)(C)C.COC(=O)[C@@H]1C[C@@H](Oc2cc(-c3ccccc3)nc3cc(OC)ccc23)CN1C(=O)[C@@H](NC(=O)OC1CCCC1)C(C)(C)C. The number of aliphatic carboxylic acids is 1. The number of carbonyl (C=O) groups excluding carboxylic acids is 6. The monoisotopic (exact) mass is 1320 g/mol. The number of hydrogen-bond donors (Lipinski definition) is 3. The maximum Gasteiger partial charge on any atom is 0.411 e. The zero-order valence-electron chi connectivity index (χ0n) is 57.3. The van der Waals surface area contributed by atoms with Gasteiger partial charge in [-0.2, -0.15) is 0 Å². The van der Waals surface area contributed by atoms with Gasteiger partial charge in [0.25, 0.3) is 0 Å². The summed E-state index contributed by atoms with van der Waals surface area (Å²) in [5, 5.41) is 15.8. The Morgan fingerprint density at radius 3 is 1.28 bits per heavy atom. The number of ether oxygens (including phenoxy) is 9. The van der Waals surface area contributed by atoms with E-state index in [1.54, 1.807) is 55.8 Å². The minimum atomic E-state index is -1.04. The van der Waals surface area contributed by atoms with E-state index in [0.717, 1.165) is 84.7 Å². The number of likely N-dealkylation sites (tertiary alicyclic amines) is 2. The number of alkyl carbamates (subject to hydrolysis) is 2. The normalized spacial score (nSPS) is 18.7. The molecule has 10 rings (SSSR count). The molecule has 96 heavy (non-hydrogen) atoms. The highest BCUT2D eigenvalue weighted by Gasteiger charge is 2.47. The first-order chi connectivity index (χ1) is 45.5. The number of benzene rings is 4. The molecule has 6 atom stereocenters. The molecule has 4 aromatic carbocycles. The molecule has 4 heterocycles. The molecule has 4 amide bonds.